The molecule has 1 aliphatic heterocycles. The van der Waals surface area contributed by atoms with Crippen LogP contribution in [0.4, 0.5) is 5.69 Å². The Balaban J connectivity index is 2.07. The van der Waals surface area contributed by atoms with E-state index in [4.69, 9.17) is 5.73 Å². The van der Waals surface area contributed by atoms with Gasteiger partial charge in [0, 0.05) is 61.9 Å². The van der Waals surface area contributed by atoms with Gasteiger partial charge in [0.15, 0.2) is 0 Å². The van der Waals surface area contributed by atoms with Crippen LogP contribution >= 0.6 is 0 Å². The second kappa shape index (κ2) is 6.35. The second-order valence-electron chi connectivity index (χ2n) is 5.44. The van der Waals surface area contributed by atoms with Gasteiger partial charge in [-0.05, 0) is 26.3 Å². The van der Waals surface area contributed by atoms with Crippen LogP contribution < -0.4 is 10.6 Å². The van der Waals surface area contributed by atoms with E-state index in [1.165, 1.54) is 12.1 Å². The molecule has 1 aromatic heterocycles. The fourth-order valence-electron chi connectivity index (χ4n) is 2.69. The molecule has 1 fully saturated rings. The molecule has 1 saturated heterocycles. The second-order valence-corrected chi connectivity index (χ2v) is 5.44. The zero-order valence-corrected chi connectivity index (χ0v) is 12.4. The summed E-state index contributed by atoms with van der Waals surface area (Å²) in [6, 6.07) is 2.86. The summed E-state index contributed by atoms with van der Waals surface area (Å²) in [4.78, 5) is 9.37. The minimum absolute atomic E-state index is 0.564. The van der Waals surface area contributed by atoms with Crippen molar-refractivity contribution < 1.29 is 0 Å². The number of hydrogen-bond acceptors (Lipinski definition) is 4. The Hall–Kier alpha value is -1.13. The lowest BCUT2D eigenvalue weighted by Gasteiger charge is -2.39. The quantitative estimate of drug-likeness (QED) is 0.898. The highest BCUT2D eigenvalue weighted by atomic mass is 15.3. The van der Waals surface area contributed by atoms with Crippen molar-refractivity contribution in [3.63, 3.8) is 0 Å². The van der Waals surface area contributed by atoms with E-state index in [1.54, 1.807) is 0 Å². The van der Waals surface area contributed by atoms with E-state index in [9.17, 15) is 0 Å². The first-order chi connectivity index (χ1) is 9.15. The zero-order valence-electron chi connectivity index (χ0n) is 12.4. The average molecular weight is 262 g/mol. The van der Waals surface area contributed by atoms with Gasteiger partial charge in [-0.2, -0.15) is 0 Å². The number of pyridine rings is 1. The number of nitrogens with two attached hydrogens (primary N) is 1. The van der Waals surface area contributed by atoms with E-state index in [0.717, 1.165) is 37.4 Å². The van der Waals surface area contributed by atoms with Crippen molar-refractivity contribution in [2.45, 2.75) is 39.8 Å². The fraction of sp³-hybridized carbons (Fsp3) is 0.667. The molecule has 1 aliphatic rings. The lowest BCUT2D eigenvalue weighted by atomic mass is 10.1. The van der Waals surface area contributed by atoms with Crippen LogP contribution in [0.2, 0.25) is 0 Å². The molecule has 4 heteroatoms. The third kappa shape index (κ3) is 3.25. The number of rotatable bonds is 4. The van der Waals surface area contributed by atoms with E-state index < -0.39 is 0 Å². The monoisotopic (exact) mass is 262 g/mol. The molecule has 0 amide bonds. The molecule has 0 radical (unpaired) electrons. The zero-order chi connectivity index (χ0) is 13.8. The van der Waals surface area contributed by atoms with Crippen molar-refractivity contribution in [2.75, 3.05) is 31.1 Å². The summed E-state index contributed by atoms with van der Waals surface area (Å²) < 4.78 is 0. The summed E-state index contributed by atoms with van der Waals surface area (Å²) in [5.74, 6) is 0. The first-order valence-electron chi connectivity index (χ1n) is 7.30. The molecule has 1 unspecified atom stereocenters. The Morgan fingerprint density at radius 1 is 1.32 bits per heavy atom. The van der Waals surface area contributed by atoms with Crippen LogP contribution in [0.3, 0.4) is 0 Å². The first kappa shape index (κ1) is 14.3. The van der Waals surface area contributed by atoms with Gasteiger partial charge in [0.05, 0.1) is 0 Å². The highest BCUT2D eigenvalue weighted by Gasteiger charge is 2.21. The molecular weight excluding hydrogens is 236 g/mol. The highest BCUT2D eigenvalue weighted by molar-refractivity contribution is 5.54. The summed E-state index contributed by atoms with van der Waals surface area (Å²) in [5, 5.41) is 0. The standard InChI is InChI=1S/C15H26N4/c1-4-13(3)18-5-7-19(8-6-18)15-9-12(2)17-11-14(15)10-16/h9,11,13H,4-8,10,16H2,1-3H3. The van der Waals surface area contributed by atoms with E-state index in [1.807, 2.05) is 13.1 Å². The maximum absolute atomic E-state index is 5.83. The minimum atomic E-state index is 0.564. The van der Waals surface area contributed by atoms with Crippen LogP contribution in [-0.2, 0) is 6.54 Å². The van der Waals surface area contributed by atoms with Crippen LogP contribution in [0.15, 0.2) is 12.3 Å². The first-order valence-corrected chi connectivity index (χ1v) is 7.30. The summed E-state index contributed by atoms with van der Waals surface area (Å²) in [6.07, 6.45) is 3.15. The van der Waals surface area contributed by atoms with Gasteiger partial charge in [0.2, 0.25) is 0 Å². The van der Waals surface area contributed by atoms with Crippen LogP contribution in [0.5, 0.6) is 0 Å². The summed E-state index contributed by atoms with van der Waals surface area (Å²) in [5.41, 5.74) is 9.33. The molecule has 2 heterocycles. The van der Waals surface area contributed by atoms with Crippen molar-refractivity contribution in [1.29, 1.82) is 0 Å². The smallest absolute Gasteiger partial charge is 0.0446 e. The molecule has 4 nitrogen and oxygen atoms in total. The van der Waals surface area contributed by atoms with Crippen molar-refractivity contribution >= 4 is 5.69 Å². The highest BCUT2D eigenvalue weighted by Crippen LogP contribution is 2.22. The van der Waals surface area contributed by atoms with Gasteiger partial charge in [-0.25, -0.2) is 0 Å². The van der Waals surface area contributed by atoms with Gasteiger partial charge in [-0.15, -0.1) is 0 Å². The van der Waals surface area contributed by atoms with E-state index >= 15 is 0 Å². The number of aromatic nitrogens is 1. The molecule has 0 bridgehead atoms. The molecule has 0 aliphatic carbocycles. The van der Waals surface area contributed by atoms with Crippen LogP contribution in [0.1, 0.15) is 31.5 Å². The molecular formula is C15H26N4. The maximum Gasteiger partial charge on any atom is 0.0446 e. The van der Waals surface area contributed by atoms with Gasteiger partial charge in [-0.3, -0.25) is 9.88 Å². The predicted octanol–water partition coefficient (Wildman–Crippen LogP) is 1.77. The topological polar surface area (TPSA) is 45.4 Å². The van der Waals surface area contributed by atoms with E-state index in [2.05, 4.69) is 34.7 Å². The molecule has 0 saturated carbocycles. The molecule has 1 atom stereocenters. The average Bonchev–Trinajstić information content (AvgIpc) is 2.46. The summed E-state index contributed by atoms with van der Waals surface area (Å²) in [6.45, 7) is 11.6. The molecule has 106 valence electrons. The third-order valence-corrected chi connectivity index (χ3v) is 4.19. The molecule has 2 rings (SSSR count). The van der Waals surface area contributed by atoms with Crippen LogP contribution in [0.25, 0.3) is 0 Å². The van der Waals surface area contributed by atoms with Crippen molar-refractivity contribution in [3.8, 4) is 0 Å². The van der Waals surface area contributed by atoms with Crippen LogP contribution in [0, 0.1) is 6.92 Å². The molecule has 2 N–H and O–H groups in total. The minimum Gasteiger partial charge on any atom is -0.369 e. The van der Waals surface area contributed by atoms with E-state index in [-0.39, 0.29) is 0 Å². The van der Waals surface area contributed by atoms with Crippen molar-refractivity contribution in [3.05, 3.63) is 23.5 Å². The number of hydrogen-bond donors (Lipinski definition) is 1. The van der Waals surface area contributed by atoms with E-state index in [0.29, 0.717) is 12.6 Å². The number of anilines is 1. The summed E-state index contributed by atoms with van der Waals surface area (Å²) in [7, 11) is 0. The Kier molecular flexibility index (Phi) is 4.77. The van der Waals surface area contributed by atoms with Gasteiger partial charge >= 0.3 is 0 Å². The molecule has 19 heavy (non-hydrogen) atoms. The Labute approximate surface area is 116 Å². The third-order valence-electron chi connectivity index (χ3n) is 4.19. The fourth-order valence-corrected chi connectivity index (χ4v) is 2.69. The Morgan fingerprint density at radius 3 is 2.58 bits per heavy atom. The van der Waals surface area contributed by atoms with Crippen molar-refractivity contribution in [1.82, 2.24) is 9.88 Å². The van der Waals surface area contributed by atoms with Crippen LogP contribution in [-0.4, -0.2) is 42.1 Å². The van der Waals surface area contributed by atoms with Gasteiger partial charge in [0.25, 0.3) is 0 Å². The lowest BCUT2D eigenvalue weighted by molar-refractivity contribution is 0.192. The lowest BCUT2D eigenvalue weighted by Crippen LogP contribution is -2.49. The Bertz CT molecular complexity index is 411. The normalized spacial score (nSPS) is 18.6. The van der Waals surface area contributed by atoms with Gasteiger partial charge < -0.3 is 10.6 Å². The van der Waals surface area contributed by atoms with Gasteiger partial charge in [-0.1, -0.05) is 6.92 Å². The van der Waals surface area contributed by atoms with Gasteiger partial charge in [0.1, 0.15) is 0 Å². The number of nitrogens with zero attached hydrogens (tertiary/aromatic N) is 3. The summed E-state index contributed by atoms with van der Waals surface area (Å²) >= 11 is 0. The Morgan fingerprint density at radius 2 is 2.00 bits per heavy atom. The molecule has 0 aromatic carbocycles. The molecule has 0 spiro atoms. The largest absolute Gasteiger partial charge is 0.369 e. The molecule has 1 aromatic rings. The predicted molar refractivity (Wildman–Crippen MR) is 80.4 cm³/mol. The SMILES string of the molecule is CCC(C)N1CCN(c2cc(C)ncc2CN)CC1. The van der Waals surface area contributed by atoms with Crippen molar-refractivity contribution in [2.24, 2.45) is 5.73 Å². The number of aryl methyl sites for hydroxylation is 1. The number of piperazine rings is 1. The maximum atomic E-state index is 5.83.